The van der Waals surface area contributed by atoms with Crippen LogP contribution in [-0.4, -0.2) is 31.8 Å². The Bertz CT molecular complexity index is 941. The molecule has 1 saturated carbocycles. The standard InChI is InChI=1S/C18H17N3O4S/c22-16-15(26-18(25)20-16)8-10-1-6-13-14(7-10)21(9-19-13)12-4-2-11(3-5-12)17(23)24/h1,6-9,11-12H,2-5H2,(H,23,24)(H,20,22,25). The van der Waals surface area contributed by atoms with Crippen LogP contribution in [0.1, 0.15) is 37.3 Å². The number of aromatic nitrogens is 2. The van der Waals surface area contributed by atoms with Gasteiger partial charge in [0.1, 0.15) is 0 Å². The number of amides is 2. The van der Waals surface area contributed by atoms with Gasteiger partial charge in [0.25, 0.3) is 11.1 Å². The summed E-state index contributed by atoms with van der Waals surface area (Å²) in [7, 11) is 0. The minimum atomic E-state index is -0.713. The molecule has 8 heteroatoms. The maximum Gasteiger partial charge on any atom is 0.306 e. The highest BCUT2D eigenvalue weighted by atomic mass is 32.2. The summed E-state index contributed by atoms with van der Waals surface area (Å²) in [5.41, 5.74) is 2.63. The lowest BCUT2D eigenvalue weighted by Gasteiger charge is -2.27. The van der Waals surface area contributed by atoms with Crippen LogP contribution in [0.3, 0.4) is 0 Å². The molecule has 2 fully saturated rings. The van der Waals surface area contributed by atoms with Crippen molar-refractivity contribution >= 4 is 46.0 Å². The topological polar surface area (TPSA) is 101 Å². The first-order valence-corrected chi connectivity index (χ1v) is 9.27. The summed E-state index contributed by atoms with van der Waals surface area (Å²) in [4.78, 5) is 39.0. The fraction of sp³-hybridized carbons (Fsp3) is 0.333. The first kappa shape index (κ1) is 16.8. The van der Waals surface area contributed by atoms with Crippen LogP contribution in [0.15, 0.2) is 29.4 Å². The molecule has 0 bridgehead atoms. The number of nitrogens with one attached hydrogen (secondary N) is 1. The van der Waals surface area contributed by atoms with Crippen molar-refractivity contribution in [2.45, 2.75) is 31.7 Å². The number of aliphatic carboxylic acids is 1. The molecule has 134 valence electrons. The van der Waals surface area contributed by atoms with E-state index in [-0.39, 0.29) is 23.1 Å². The van der Waals surface area contributed by atoms with E-state index in [4.69, 9.17) is 5.11 Å². The lowest BCUT2D eigenvalue weighted by Crippen LogP contribution is -2.23. The SMILES string of the molecule is O=C1NC(=O)C(=Cc2ccc3ncn(C4CCC(C(=O)O)CC4)c3c2)S1. The lowest BCUT2D eigenvalue weighted by atomic mass is 9.86. The second-order valence-electron chi connectivity index (χ2n) is 6.60. The molecule has 0 unspecified atom stereocenters. The Morgan fingerprint density at radius 3 is 2.69 bits per heavy atom. The van der Waals surface area contributed by atoms with Gasteiger partial charge in [-0.15, -0.1) is 0 Å². The Labute approximate surface area is 153 Å². The summed E-state index contributed by atoms with van der Waals surface area (Å²) in [6.07, 6.45) is 6.45. The van der Waals surface area contributed by atoms with Gasteiger partial charge in [-0.2, -0.15) is 0 Å². The Balaban J connectivity index is 1.62. The van der Waals surface area contributed by atoms with Crippen LogP contribution < -0.4 is 5.32 Å². The molecular formula is C18H17N3O4S. The number of carbonyl (C=O) groups is 3. The number of carboxylic acid groups (broad SMARTS) is 1. The van der Waals surface area contributed by atoms with Gasteiger partial charge in [-0.05, 0) is 61.2 Å². The number of hydrogen-bond donors (Lipinski definition) is 2. The molecule has 4 rings (SSSR count). The molecular weight excluding hydrogens is 354 g/mol. The normalized spacial score (nSPS) is 25.0. The Morgan fingerprint density at radius 1 is 1.27 bits per heavy atom. The fourth-order valence-corrected chi connectivity index (χ4v) is 4.28. The van der Waals surface area contributed by atoms with E-state index in [0.717, 1.165) is 41.2 Å². The van der Waals surface area contributed by atoms with E-state index in [0.29, 0.717) is 17.7 Å². The summed E-state index contributed by atoms with van der Waals surface area (Å²) < 4.78 is 2.10. The first-order valence-electron chi connectivity index (χ1n) is 8.45. The van der Waals surface area contributed by atoms with Gasteiger partial charge in [-0.25, -0.2) is 4.98 Å². The second kappa shape index (κ2) is 6.60. The van der Waals surface area contributed by atoms with Crippen LogP contribution in [0, 0.1) is 5.92 Å². The van der Waals surface area contributed by atoms with Gasteiger partial charge in [0.15, 0.2) is 0 Å². The molecule has 2 N–H and O–H groups in total. The minimum absolute atomic E-state index is 0.226. The van der Waals surface area contributed by atoms with Crippen molar-refractivity contribution in [1.82, 2.24) is 14.9 Å². The van der Waals surface area contributed by atoms with Crippen molar-refractivity contribution in [1.29, 1.82) is 0 Å². The van der Waals surface area contributed by atoms with Gasteiger partial charge < -0.3 is 9.67 Å². The van der Waals surface area contributed by atoms with Crippen LogP contribution in [0.5, 0.6) is 0 Å². The van der Waals surface area contributed by atoms with Crippen LogP contribution >= 0.6 is 11.8 Å². The largest absolute Gasteiger partial charge is 0.481 e. The number of hydrogen-bond acceptors (Lipinski definition) is 5. The van der Waals surface area contributed by atoms with Gasteiger partial charge in [-0.3, -0.25) is 19.7 Å². The molecule has 1 aliphatic carbocycles. The Kier molecular flexibility index (Phi) is 4.28. The van der Waals surface area contributed by atoms with E-state index < -0.39 is 5.97 Å². The van der Waals surface area contributed by atoms with Crippen molar-refractivity contribution < 1.29 is 19.5 Å². The molecule has 2 aliphatic rings. The second-order valence-corrected chi connectivity index (χ2v) is 7.61. The summed E-state index contributed by atoms with van der Waals surface area (Å²) in [6, 6.07) is 5.93. The number of carboxylic acids is 1. The molecule has 2 aromatic rings. The lowest BCUT2D eigenvalue weighted by molar-refractivity contribution is -0.143. The molecule has 1 aromatic heterocycles. The van der Waals surface area contributed by atoms with Crippen LogP contribution in [-0.2, 0) is 9.59 Å². The predicted molar refractivity (Wildman–Crippen MR) is 97.5 cm³/mol. The summed E-state index contributed by atoms with van der Waals surface area (Å²) in [5, 5.41) is 11.0. The van der Waals surface area contributed by atoms with Crippen molar-refractivity contribution in [3.63, 3.8) is 0 Å². The van der Waals surface area contributed by atoms with E-state index in [9.17, 15) is 14.4 Å². The van der Waals surface area contributed by atoms with Gasteiger partial charge in [0.2, 0.25) is 0 Å². The molecule has 0 atom stereocenters. The Hall–Kier alpha value is -2.61. The van der Waals surface area contributed by atoms with Crippen molar-refractivity contribution in [3.8, 4) is 0 Å². The van der Waals surface area contributed by atoms with Crippen LogP contribution in [0.4, 0.5) is 4.79 Å². The fourth-order valence-electron chi connectivity index (χ4n) is 3.60. The third kappa shape index (κ3) is 3.12. The van der Waals surface area contributed by atoms with Crippen LogP contribution in [0.2, 0.25) is 0 Å². The molecule has 0 radical (unpaired) electrons. The maximum atomic E-state index is 11.7. The molecule has 1 saturated heterocycles. The average molecular weight is 371 g/mol. The molecule has 2 amide bonds. The zero-order valence-corrected chi connectivity index (χ0v) is 14.7. The van der Waals surface area contributed by atoms with Crippen LogP contribution in [0.25, 0.3) is 17.1 Å². The van der Waals surface area contributed by atoms with E-state index in [2.05, 4.69) is 14.9 Å². The highest BCUT2D eigenvalue weighted by Crippen LogP contribution is 2.34. The molecule has 26 heavy (non-hydrogen) atoms. The number of rotatable bonds is 3. The highest BCUT2D eigenvalue weighted by Gasteiger charge is 2.28. The Morgan fingerprint density at radius 2 is 2.04 bits per heavy atom. The van der Waals surface area contributed by atoms with Gasteiger partial charge >= 0.3 is 5.97 Å². The van der Waals surface area contributed by atoms with Crippen molar-refractivity contribution in [3.05, 3.63) is 35.0 Å². The maximum absolute atomic E-state index is 11.7. The number of carbonyl (C=O) groups excluding carboxylic acids is 2. The quantitative estimate of drug-likeness (QED) is 0.804. The predicted octanol–water partition coefficient (Wildman–Crippen LogP) is 3.18. The number of imidazole rings is 1. The molecule has 7 nitrogen and oxygen atoms in total. The summed E-state index contributed by atoms with van der Waals surface area (Å²) >= 11 is 0.895. The number of fused-ring (bicyclic) bond motifs is 1. The molecule has 0 spiro atoms. The third-order valence-corrected chi connectivity index (χ3v) is 5.79. The van der Waals surface area contributed by atoms with Crippen molar-refractivity contribution in [2.75, 3.05) is 0 Å². The zero-order chi connectivity index (χ0) is 18.3. The first-order chi connectivity index (χ1) is 12.5. The molecule has 1 aromatic carbocycles. The number of thioether (sulfide) groups is 1. The number of nitrogens with zero attached hydrogens (tertiary/aromatic N) is 2. The summed E-state index contributed by atoms with van der Waals surface area (Å²) in [6.45, 7) is 0. The van der Waals surface area contributed by atoms with E-state index in [1.54, 1.807) is 12.4 Å². The molecule has 2 heterocycles. The van der Waals surface area contributed by atoms with Gasteiger partial charge in [-0.1, -0.05) is 6.07 Å². The zero-order valence-electron chi connectivity index (χ0n) is 13.8. The van der Waals surface area contributed by atoms with E-state index in [1.807, 2.05) is 18.2 Å². The monoisotopic (exact) mass is 371 g/mol. The number of imide groups is 1. The minimum Gasteiger partial charge on any atom is -0.481 e. The van der Waals surface area contributed by atoms with Gasteiger partial charge in [0.05, 0.1) is 28.2 Å². The summed E-state index contributed by atoms with van der Waals surface area (Å²) in [5.74, 6) is -1.34. The van der Waals surface area contributed by atoms with Crippen molar-refractivity contribution in [2.24, 2.45) is 5.92 Å². The van der Waals surface area contributed by atoms with Gasteiger partial charge in [0, 0.05) is 6.04 Å². The smallest absolute Gasteiger partial charge is 0.306 e. The molecule has 1 aliphatic heterocycles. The third-order valence-electron chi connectivity index (χ3n) is 4.98. The van der Waals surface area contributed by atoms with E-state index in [1.165, 1.54) is 0 Å². The highest BCUT2D eigenvalue weighted by molar-refractivity contribution is 8.18. The number of benzene rings is 1. The van der Waals surface area contributed by atoms with E-state index >= 15 is 0 Å². The average Bonchev–Trinajstić information content (AvgIpc) is 3.17.